The Labute approximate surface area is 177 Å². The second-order valence-corrected chi connectivity index (χ2v) is 6.52. The molecule has 0 aliphatic carbocycles. The van der Waals surface area contributed by atoms with Crippen molar-refractivity contribution < 1.29 is 38.9 Å². The Kier molecular flexibility index (Phi) is 15.4. The maximum Gasteiger partial charge on any atom is 0.339 e. The lowest BCUT2D eigenvalue weighted by Crippen LogP contribution is -2.14. The van der Waals surface area contributed by atoms with Crippen LogP contribution < -0.4 is 0 Å². The quantitative estimate of drug-likeness (QED) is 0.354. The second-order valence-electron chi connectivity index (χ2n) is 6.52. The molecular weight excluding hydrogens is 392 g/mol. The van der Waals surface area contributed by atoms with Crippen LogP contribution in [0.5, 0.6) is 0 Å². The zero-order valence-electron chi connectivity index (χ0n) is 17.7. The van der Waals surface area contributed by atoms with Gasteiger partial charge in [-0.1, -0.05) is 38.8 Å². The van der Waals surface area contributed by atoms with E-state index in [9.17, 15) is 19.2 Å². The number of aliphatic carboxylic acids is 2. The van der Waals surface area contributed by atoms with E-state index in [2.05, 4.69) is 0 Å². The standard InChI is InChI=1S/C16H22O4.C6H10O4/c1-3-5-11-19-15(17)13-9-7-8-10-14(13)16(18)20-12-6-4-2;7-5(8)3-1-2-4-6(9)10/h7-10H,3-6,11-12H2,1-2H3;1-4H2,(H,7,8)(H,9,10). The summed E-state index contributed by atoms with van der Waals surface area (Å²) < 4.78 is 10.3. The number of hydrogen-bond acceptors (Lipinski definition) is 6. The van der Waals surface area contributed by atoms with Crippen LogP contribution >= 0.6 is 0 Å². The van der Waals surface area contributed by atoms with Crippen molar-refractivity contribution in [3.8, 4) is 0 Å². The summed E-state index contributed by atoms with van der Waals surface area (Å²) in [5, 5.41) is 16.3. The molecule has 1 aromatic carbocycles. The largest absolute Gasteiger partial charge is 0.481 e. The van der Waals surface area contributed by atoms with Crippen molar-refractivity contribution in [2.45, 2.75) is 65.2 Å². The predicted octanol–water partition coefficient (Wildman–Crippen LogP) is 4.32. The number of benzene rings is 1. The molecule has 0 spiro atoms. The van der Waals surface area contributed by atoms with Crippen LogP contribution in [0, 0.1) is 0 Å². The zero-order chi connectivity index (χ0) is 22.8. The van der Waals surface area contributed by atoms with Gasteiger partial charge in [0.15, 0.2) is 0 Å². The van der Waals surface area contributed by atoms with E-state index in [0.29, 0.717) is 26.1 Å². The number of carbonyl (C=O) groups excluding carboxylic acids is 2. The molecule has 0 aliphatic rings. The molecule has 0 atom stereocenters. The first-order valence-electron chi connectivity index (χ1n) is 10.2. The molecule has 0 amide bonds. The van der Waals surface area contributed by atoms with Crippen LogP contribution in [0.25, 0.3) is 0 Å². The molecule has 0 fully saturated rings. The van der Waals surface area contributed by atoms with Gasteiger partial charge in [-0.05, 0) is 37.8 Å². The lowest BCUT2D eigenvalue weighted by atomic mass is 10.1. The Morgan fingerprint density at radius 1 is 0.700 bits per heavy atom. The highest BCUT2D eigenvalue weighted by atomic mass is 16.5. The summed E-state index contributed by atoms with van der Waals surface area (Å²) in [5.74, 6) is -2.68. The SMILES string of the molecule is CCCCOC(=O)c1ccccc1C(=O)OCCCC.O=C(O)CCCCC(=O)O. The van der Waals surface area contributed by atoms with E-state index >= 15 is 0 Å². The molecule has 0 aliphatic heterocycles. The monoisotopic (exact) mass is 424 g/mol. The first kappa shape index (κ1) is 27.1. The molecule has 0 bridgehead atoms. The molecule has 0 heterocycles. The molecule has 0 unspecified atom stereocenters. The number of carboxylic acid groups (broad SMARTS) is 2. The molecule has 8 nitrogen and oxygen atoms in total. The Morgan fingerprint density at radius 3 is 1.37 bits per heavy atom. The normalized spacial score (nSPS) is 9.80. The Bertz CT molecular complexity index is 612. The number of carbonyl (C=O) groups is 4. The van der Waals surface area contributed by atoms with Crippen molar-refractivity contribution >= 4 is 23.9 Å². The van der Waals surface area contributed by atoms with Gasteiger partial charge in [0.25, 0.3) is 0 Å². The van der Waals surface area contributed by atoms with Gasteiger partial charge in [0.2, 0.25) is 0 Å². The van der Waals surface area contributed by atoms with Crippen molar-refractivity contribution in [1.29, 1.82) is 0 Å². The van der Waals surface area contributed by atoms with Crippen molar-refractivity contribution in [2.75, 3.05) is 13.2 Å². The van der Waals surface area contributed by atoms with Crippen LogP contribution in [-0.2, 0) is 19.1 Å². The van der Waals surface area contributed by atoms with Gasteiger partial charge in [-0.2, -0.15) is 0 Å². The van der Waals surface area contributed by atoms with E-state index in [1.165, 1.54) is 0 Å². The van der Waals surface area contributed by atoms with Crippen LogP contribution in [0.1, 0.15) is 85.9 Å². The lowest BCUT2D eigenvalue weighted by Gasteiger charge is -2.09. The predicted molar refractivity (Wildman–Crippen MR) is 111 cm³/mol. The summed E-state index contributed by atoms with van der Waals surface area (Å²) in [6.07, 6.45) is 4.55. The average Bonchev–Trinajstić information content (AvgIpc) is 2.71. The van der Waals surface area contributed by atoms with Gasteiger partial charge in [-0.15, -0.1) is 0 Å². The molecule has 0 saturated carbocycles. The summed E-state index contributed by atoms with van der Waals surface area (Å²) in [4.78, 5) is 43.7. The van der Waals surface area contributed by atoms with E-state index in [0.717, 1.165) is 25.7 Å². The number of carboxylic acids is 2. The minimum absolute atomic E-state index is 0.0628. The van der Waals surface area contributed by atoms with Crippen LogP contribution in [-0.4, -0.2) is 47.3 Å². The maximum atomic E-state index is 11.9. The fraction of sp³-hybridized carbons (Fsp3) is 0.545. The van der Waals surface area contributed by atoms with E-state index in [1.807, 2.05) is 13.8 Å². The summed E-state index contributed by atoms with van der Waals surface area (Å²) >= 11 is 0. The first-order valence-corrected chi connectivity index (χ1v) is 10.2. The second kappa shape index (κ2) is 17.0. The molecule has 0 saturated heterocycles. The number of rotatable bonds is 13. The Morgan fingerprint density at radius 2 is 1.07 bits per heavy atom. The highest BCUT2D eigenvalue weighted by Crippen LogP contribution is 2.12. The van der Waals surface area contributed by atoms with Crippen molar-refractivity contribution in [2.24, 2.45) is 0 Å². The van der Waals surface area contributed by atoms with Crippen LogP contribution in [0.4, 0.5) is 0 Å². The summed E-state index contributed by atoms with van der Waals surface area (Å²) in [6, 6.07) is 6.59. The maximum absolute atomic E-state index is 11.9. The van der Waals surface area contributed by atoms with E-state index in [1.54, 1.807) is 24.3 Å². The van der Waals surface area contributed by atoms with E-state index in [4.69, 9.17) is 19.7 Å². The minimum atomic E-state index is -0.870. The van der Waals surface area contributed by atoms with E-state index in [-0.39, 0.29) is 24.0 Å². The lowest BCUT2D eigenvalue weighted by molar-refractivity contribution is -0.139. The van der Waals surface area contributed by atoms with Gasteiger partial charge >= 0.3 is 23.9 Å². The van der Waals surface area contributed by atoms with Gasteiger partial charge < -0.3 is 19.7 Å². The number of esters is 2. The molecule has 2 N–H and O–H groups in total. The summed E-state index contributed by atoms with van der Waals surface area (Å²) in [7, 11) is 0. The van der Waals surface area contributed by atoms with Gasteiger partial charge in [0.1, 0.15) is 0 Å². The van der Waals surface area contributed by atoms with Crippen LogP contribution in [0.3, 0.4) is 0 Å². The number of unbranched alkanes of at least 4 members (excludes halogenated alkanes) is 3. The number of ether oxygens (including phenoxy) is 2. The fourth-order valence-corrected chi connectivity index (χ4v) is 2.17. The third kappa shape index (κ3) is 13.3. The third-order valence-corrected chi connectivity index (χ3v) is 3.86. The van der Waals surface area contributed by atoms with Gasteiger partial charge in [-0.3, -0.25) is 9.59 Å². The van der Waals surface area contributed by atoms with Crippen LogP contribution in [0.15, 0.2) is 24.3 Å². The molecule has 1 rings (SSSR count). The van der Waals surface area contributed by atoms with Crippen molar-refractivity contribution in [3.63, 3.8) is 0 Å². The molecule has 0 radical (unpaired) electrons. The van der Waals surface area contributed by atoms with E-state index < -0.39 is 23.9 Å². The Balaban J connectivity index is 0.000000710. The smallest absolute Gasteiger partial charge is 0.339 e. The molecular formula is C22H32O8. The third-order valence-electron chi connectivity index (χ3n) is 3.86. The fourth-order valence-electron chi connectivity index (χ4n) is 2.17. The minimum Gasteiger partial charge on any atom is -0.481 e. The summed E-state index contributed by atoms with van der Waals surface area (Å²) in [6.45, 7) is 4.78. The molecule has 30 heavy (non-hydrogen) atoms. The van der Waals surface area contributed by atoms with Crippen LogP contribution in [0.2, 0.25) is 0 Å². The molecule has 168 valence electrons. The highest BCUT2D eigenvalue weighted by Gasteiger charge is 2.18. The average molecular weight is 424 g/mol. The number of hydrogen-bond donors (Lipinski definition) is 2. The van der Waals surface area contributed by atoms with Gasteiger partial charge in [-0.25, -0.2) is 9.59 Å². The van der Waals surface area contributed by atoms with Crippen molar-refractivity contribution in [3.05, 3.63) is 35.4 Å². The first-order chi connectivity index (χ1) is 14.3. The highest BCUT2D eigenvalue weighted by molar-refractivity contribution is 6.03. The zero-order valence-corrected chi connectivity index (χ0v) is 17.7. The molecule has 8 heteroatoms. The van der Waals surface area contributed by atoms with Gasteiger partial charge in [0, 0.05) is 12.8 Å². The topological polar surface area (TPSA) is 127 Å². The summed E-state index contributed by atoms with van der Waals surface area (Å²) in [5.41, 5.74) is 0.537. The molecule has 1 aromatic rings. The Hall–Kier alpha value is -2.90. The molecule has 0 aromatic heterocycles. The van der Waals surface area contributed by atoms with Crippen molar-refractivity contribution in [1.82, 2.24) is 0 Å². The van der Waals surface area contributed by atoms with Gasteiger partial charge in [0.05, 0.1) is 24.3 Å².